The highest BCUT2D eigenvalue weighted by atomic mass is 35.5. The molecule has 8 nitrogen and oxygen atoms in total. The minimum absolute atomic E-state index is 0.189. The van der Waals surface area contributed by atoms with Crippen molar-refractivity contribution in [1.82, 2.24) is 19.1 Å². The fourth-order valence-electron chi connectivity index (χ4n) is 2.36. The second-order valence-corrected chi connectivity index (χ2v) is 6.62. The molecule has 25 heavy (non-hydrogen) atoms. The van der Waals surface area contributed by atoms with Gasteiger partial charge in [0.1, 0.15) is 0 Å². The number of imidazole rings is 1. The molecule has 2 aromatic heterocycles. The maximum atomic E-state index is 12.3. The maximum absolute atomic E-state index is 12.3. The Balaban J connectivity index is 2.34. The van der Waals surface area contributed by atoms with Crippen LogP contribution in [0.4, 0.5) is 5.95 Å². The third kappa shape index (κ3) is 4.73. The first-order chi connectivity index (χ1) is 11.8. The zero-order valence-electron chi connectivity index (χ0n) is 14.9. The molecule has 2 N–H and O–H groups in total. The molecule has 0 spiro atoms. The number of ether oxygens (including phenoxy) is 1. The normalized spacial score (nSPS) is 12.3. The Morgan fingerprint density at radius 3 is 2.80 bits per heavy atom. The number of halogens is 1. The Bertz CT molecular complexity index is 874. The molecule has 9 heteroatoms. The predicted octanol–water partition coefficient (Wildman–Crippen LogP) is 1.79. The van der Waals surface area contributed by atoms with E-state index < -0.39 is 11.2 Å². The van der Waals surface area contributed by atoms with Crippen LogP contribution >= 0.6 is 11.6 Å². The monoisotopic (exact) mass is 369 g/mol. The first-order valence-corrected chi connectivity index (χ1v) is 8.56. The third-order valence-corrected chi connectivity index (χ3v) is 3.77. The highest BCUT2D eigenvalue weighted by Gasteiger charge is 2.16. The number of hydrogen-bond acceptors (Lipinski definition) is 5. The number of aromatic amines is 1. The van der Waals surface area contributed by atoms with E-state index in [0.717, 1.165) is 6.42 Å². The first-order valence-electron chi connectivity index (χ1n) is 8.18. The molecule has 0 bridgehead atoms. The SMILES string of the molecule is CC(Cl)=CCn1c(NCCCOC(C)C)nc2c1c(=O)[nH]c(=O)n2C. The van der Waals surface area contributed by atoms with Crippen LogP contribution in [0.25, 0.3) is 11.2 Å². The van der Waals surface area contributed by atoms with Crippen LogP contribution in [0.5, 0.6) is 0 Å². The van der Waals surface area contributed by atoms with E-state index in [-0.39, 0.29) is 6.10 Å². The molecule has 0 saturated carbocycles. The molecular formula is C16H24ClN5O3. The smallest absolute Gasteiger partial charge is 0.329 e. The molecule has 0 aromatic carbocycles. The van der Waals surface area contributed by atoms with E-state index in [1.807, 2.05) is 13.8 Å². The van der Waals surface area contributed by atoms with Gasteiger partial charge < -0.3 is 14.6 Å². The first kappa shape index (κ1) is 19.3. The van der Waals surface area contributed by atoms with Crippen molar-refractivity contribution in [2.75, 3.05) is 18.5 Å². The fraction of sp³-hybridized carbons (Fsp3) is 0.562. The molecule has 2 rings (SSSR count). The molecule has 138 valence electrons. The summed E-state index contributed by atoms with van der Waals surface area (Å²) in [6, 6.07) is 0. The van der Waals surface area contributed by atoms with Crippen LogP contribution in [0, 0.1) is 0 Å². The number of nitrogens with zero attached hydrogens (tertiary/aromatic N) is 3. The summed E-state index contributed by atoms with van der Waals surface area (Å²) in [7, 11) is 1.57. The largest absolute Gasteiger partial charge is 0.379 e. The van der Waals surface area contributed by atoms with Crippen molar-refractivity contribution in [3.05, 3.63) is 31.9 Å². The third-order valence-electron chi connectivity index (χ3n) is 3.62. The second kappa shape index (κ2) is 8.35. The summed E-state index contributed by atoms with van der Waals surface area (Å²) in [4.78, 5) is 30.8. The number of aryl methyl sites for hydroxylation is 1. The number of anilines is 1. The Morgan fingerprint density at radius 2 is 2.16 bits per heavy atom. The van der Waals surface area contributed by atoms with Crippen LogP contribution in [0.2, 0.25) is 0 Å². The van der Waals surface area contributed by atoms with Gasteiger partial charge in [0.15, 0.2) is 11.2 Å². The van der Waals surface area contributed by atoms with Crippen LogP contribution in [-0.2, 0) is 18.3 Å². The standard InChI is InChI=1S/C16H24ClN5O3/c1-10(2)25-9-5-7-18-15-19-13-12(22(15)8-6-11(3)17)14(23)20-16(24)21(13)4/h6,10H,5,7-9H2,1-4H3,(H,18,19)(H,20,23,24). The molecule has 0 atom stereocenters. The minimum atomic E-state index is -0.497. The molecule has 0 aliphatic heterocycles. The number of hydrogen-bond donors (Lipinski definition) is 2. The number of aromatic nitrogens is 4. The molecule has 0 aliphatic carbocycles. The van der Waals surface area contributed by atoms with Crippen LogP contribution < -0.4 is 16.6 Å². The number of rotatable bonds is 8. The molecule has 0 amide bonds. The molecular weight excluding hydrogens is 346 g/mol. The van der Waals surface area contributed by atoms with Gasteiger partial charge in [-0.15, -0.1) is 0 Å². The second-order valence-electron chi connectivity index (χ2n) is 6.03. The van der Waals surface area contributed by atoms with Crippen molar-refractivity contribution >= 4 is 28.7 Å². The Hall–Kier alpha value is -2.06. The summed E-state index contributed by atoms with van der Waals surface area (Å²) < 4.78 is 8.54. The molecule has 0 fully saturated rings. The quantitative estimate of drug-likeness (QED) is 0.692. The van der Waals surface area contributed by atoms with Gasteiger partial charge in [0.05, 0.1) is 6.10 Å². The lowest BCUT2D eigenvalue weighted by molar-refractivity contribution is 0.0787. The highest BCUT2D eigenvalue weighted by Crippen LogP contribution is 2.16. The molecule has 0 aliphatic rings. The van der Waals surface area contributed by atoms with Gasteiger partial charge in [0.2, 0.25) is 5.95 Å². The zero-order chi connectivity index (χ0) is 18.6. The van der Waals surface area contributed by atoms with Crippen molar-refractivity contribution in [2.45, 2.75) is 39.8 Å². The van der Waals surface area contributed by atoms with Gasteiger partial charge >= 0.3 is 5.69 Å². The molecule has 2 aromatic rings. The summed E-state index contributed by atoms with van der Waals surface area (Å²) in [5.74, 6) is 0.514. The van der Waals surface area contributed by atoms with Crippen molar-refractivity contribution in [2.24, 2.45) is 7.05 Å². The van der Waals surface area contributed by atoms with E-state index >= 15 is 0 Å². The Morgan fingerprint density at radius 1 is 1.44 bits per heavy atom. The molecule has 0 unspecified atom stereocenters. The zero-order valence-corrected chi connectivity index (χ0v) is 15.7. The summed E-state index contributed by atoms with van der Waals surface area (Å²) in [5.41, 5.74) is -0.307. The van der Waals surface area contributed by atoms with E-state index in [1.165, 1.54) is 4.57 Å². The van der Waals surface area contributed by atoms with Gasteiger partial charge in [0.25, 0.3) is 5.56 Å². The Kier molecular flexibility index (Phi) is 6.44. The lowest BCUT2D eigenvalue weighted by Crippen LogP contribution is -2.29. The van der Waals surface area contributed by atoms with Gasteiger partial charge in [-0.1, -0.05) is 17.7 Å². The average Bonchev–Trinajstić information content (AvgIpc) is 2.89. The van der Waals surface area contributed by atoms with Crippen molar-refractivity contribution in [1.29, 1.82) is 0 Å². The van der Waals surface area contributed by atoms with Crippen molar-refractivity contribution in [3.8, 4) is 0 Å². The van der Waals surface area contributed by atoms with Crippen molar-refractivity contribution < 1.29 is 4.74 Å². The Labute approximate surface area is 150 Å². The van der Waals surface area contributed by atoms with Crippen molar-refractivity contribution in [3.63, 3.8) is 0 Å². The summed E-state index contributed by atoms with van der Waals surface area (Å²) >= 11 is 5.92. The number of fused-ring (bicyclic) bond motifs is 1. The van der Waals surface area contributed by atoms with Gasteiger partial charge in [-0.25, -0.2) is 4.79 Å². The van der Waals surface area contributed by atoms with Crippen LogP contribution in [-0.4, -0.2) is 38.4 Å². The molecule has 0 radical (unpaired) electrons. The highest BCUT2D eigenvalue weighted by molar-refractivity contribution is 6.29. The molecule has 0 saturated heterocycles. The topological polar surface area (TPSA) is 93.9 Å². The summed E-state index contributed by atoms with van der Waals surface area (Å²) in [6.07, 6.45) is 2.76. The lowest BCUT2D eigenvalue weighted by Gasteiger charge is -2.10. The van der Waals surface area contributed by atoms with Gasteiger partial charge in [0, 0.05) is 31.8 Å². The average molecular weight is 370 g/mol. The molecule has 2 heterocycles. The number of allylic oxidation sites excluding steroid dienone is 2. The van der Waals surface area contributed by atoms with E-state index in [4.69, 9.17) is 16.3 Å². The van der Waals surface area contributed by atoms with Gasteiger partial charge in [-0.05, 0) is 27.2 Å². The van der Waals surface area contributed by atoms with Gasteiger partial charge in [-0.3, -0.25) is 14.3 Å². The van der Waals surface area contributed by atoms with E-state index in [1.54, 1.807) is 24.6 Å². The number of nitrogens with one attached hydrogen (secondary N) is 2. The lowest BCUT2D eigenvalue weighted by atomic mass is 10.4. The van der Waals surface area contributed by atoms with E-state index in [2.05, 4.69) is 15.3 Å². The fourth-order valence-corrected chi connectivity index (χ4v) is 2.42. The maximum Gasteiger partial charge on any atom is 0.329 e. The summed E-state index contributed by atoms with van der Waals surface area (Å²) in [6.45, 7) is 7.37. The van der Waals surface area contributed by atoms with Crippen LogP contribution in [0.1, 0.15) is 27.2 Å². The summed E-state index contributed by atoms with van der Waals surface area (Å²) in [5, 5.41) is 3.82. The van der Waals surface area contributed by atoms with E-state index in [9.17, 15) is 9.59 Å². The minimum Gasteiger partial charge on any atom is -0.379 e. The van der Waals surface area contributed by atoms with Crippen LogP contribution in [0.15, 0.2) is 20.7 Å². The number of H-pyrrole nitrogens is 1. The van der Waals surface area contributed by atoms with Crippen LogP contribution in [0.3, 0.4) is 0 Å². The van der Waals surface area contributed by atoms with E-state index in [0.29, 0.717) is 41.8 Å². The van der Waals surface area contributed by atoms with Gasteiger partial charge in [-0.2, -0.15) is 4.98 Å². The predicted molar refractivity (Wildman–Crippen MR) is 99.4 cm³/mol.